The second-order valence-electron chi connectivity index (χ2n) is 5.52. The molecule has 1 atom stereocenters. The number of hydrogen-bond donors (Lipinski definition) is 2. The highest BCUT2D eigenvalue weighted by atomic mass is 32.2. The molecular weight excluding hydrogens is 292 g/mol. The lowest BCUT2D eigenvalue weighted by atomic mass is 9.83. The molecule has 1 saturated heterocycles. The summed E-state index contributed by atoms with van der Waals surface area (Å²) in [6.07, 6.45) is 1.86. The zero-order valence-corrected chi connectivity index (χ0v) is 12.8. The van der Waals surface area contributed by atoms with E-state index < -0.39 is 21.4 Å². The van der Waals surface area contributed by atoms with Crippen LogP contribution in [0.4, 0.5) is 5.69 Å². The van der Waals surface area contributed by atoms with Crippen molar-refractivity contribution in [2.24, 2.45) is 10.6 Å². The number of nitrogens with two attached hydrogens (primary N) is 1. The van der Waals surface area contributed by atoms with Gasteiger partial charge in [0.25, 0.3) is 0 Å². The third kappa shape index (κ3) is 3.03. The van der Waals surface area contributed by atoms with Gasteiger partial charge in [0, 0.05) is 13.1 Å². The first-order valence-corrected chi connectivity index (χ1v) is 8.45. The Morgan fingerprint density at radius 2 is 2.10 bits per heavy atom. The Kier molecular flexibility index (Phi) is 4.25. The number of carbonyl (C=O) groups is 1. The van der Waals surface area contributed by atoms with Gasteiger partial charge in [0.15, 0.2) is 0 Å². The van der Waals surface area contributed by atoms with Crippen molar-refractivity contribution in [1.82, 2.24) is 0 Å². The Bertz CT molecular complexity index is 644. The Hall–Kier alpha value is -1.60. The van der Waals surface area contributed by atoms with Gasteiger partial charge < -0.3 is 10.0 Å². The predicted molar refractivity (Wildman–Crippen MR) is 79.6 cm³/mol. The number of primary sulfonamides is 1. The molecule has 1 aliphatic heterocycles. The van der Waals surface area contributed by atoms with Crippen LogP contribution >= 0.6 is 0 Å². The van der Waals surface area contributed by atoms with Crippen molar-refractivity contribution >= 4 is 21.7 Å². The van der Waals surface area contributed by atoms with Gasteiger partial charge in [0.1, 0.15) is 4.90 Å². The maximum Gasteiger partial charge on any atom is 0.311 e. The van der Waals surface area contributed by atoms with Crippen LogP contribution in [0.3, 0.4) is 0 Å². The van der Waals surface area contributed by atoms with Crippen molar-refractivity contribution < 1.29 is 18.3 Å². The highest BCUT2D eigenvalue weighted by molar-refractivity contribution is 7.89. The summed E-state index contributed by atoms with van der Waals surface area (Å²) in [6, 6.07) is 6.45. The maximum atomic E-state index is 11.7. The largest absolute Gasteiger partial charge is 0.481 e. The molecule has 1 unspecified atom stereocenters. The molecule has 6 nitrogen and oxygen atoms in total. The third-order valence-electron chi connectivity index (χ3n) is 4.05. The van der Waals surface area contributed by atoms with E-state index in [1.54, 1.807) is 18.2 Å². The Morgan fingerprint density at radius 3 is 2.67 bits per heavy atom. The summed E-state index contributed by atoms with van der Waals surface area (Å²) in [6.45, 7) is 2.77. The van der Waals surface area contributed by atoms with Crippen LogP contribution in [-0.4, -0.2) is 32.6 Å². The number of nitrogens with zero attached hydrogens (tertiary/aromatic N) is 1. The van der Waals surface area contributed by atoms with Crippen LogP contribution in [-0.2, 0) is 14.8 Å². The number of benzene rings is 1. The second-order valence-corrected chi connectivity index (χ2v) is 7.05. The van der Waals surface area contributed by atoms with Gasteiger partial charge in [-0.1, -0.05) is 25.5 Å². The van der Waals surface area contributed by atoms with Crippen LogP contribution in [0.25, 0.3) is 0 Å². The molecular formula is C14H20N2O4S. The zero-order chi connectivity index (χ0) is 15.7. The van der Waals surface area contributed by atoms with Crippen molar-refractivity contribution in [1.29, 1.82) is 0 Å². The fourth-order valence-electron chi connectivity index (χ4n) is 3.00. The van der Waals surface area contributed by atoms with Gasteiger partial charge in [-0.05, 0) is 25.0 Å². The van der Waals surface area contributed by atoms with Gasteiger partial charge in [-0.2, -0.15) is 0 Å². The molecule has 1 fully saturated rings. The Labute approximate surface area is 124 Å². The quantitative estimate of drug-likeness (QED) is 0.856. The van der Waals surface area contributed by atoms with E-state index >= 15 is 0 Å². The van der Waals surface area contributed by atoms with Crippen LogP contribution in [0.15, 0.2) is 29.2 Å². The highest BCUT2D eigenvalue weighted by Gasteiger charge is 2.44. The highest BCUT2D eigenvalue weighted by Crippen LogP contribution is 2.39. The summed E-state index contributed by atoms with van der Waals surface area (Å²) in [4.78, 5) is 13.5. The summed E-state index contributed by atoms with van der Waals surface area (Å²) >= 11 is 0. The van der Waals surface area contributed by atoms with Crippen molar-refractivity contribution in [3.05, 3.63) is 24.3 Å². The molecule has 0 amide bonds. The van der Waals surface area contributed by atoms with Crippen LogP contribution < -0.4 is 10.0 Å². The van der Waals surface area contributed by atoms with Crippen molar-refractivity contribution in [3.63, 3.8) is 0 Å². The molecule has 2 rings (SSSR count). The zero-order valence-electron chi connectivity index (χ0n) is 11.9. The molecule has 7 heteroatoms. The minimum atomic E-state index is -3.83. The molecule has 116 valence electrons. The molecule has 1 heterocycles. The lowest BCUT2D eigenvalue weighted by Crippen LogP contribution is -2.35. The van der Waals surface area contributed by atoms with Crippen LogP contribution in [0.5, 0.6) is 0 Å². The number of carboxylic acid groups (broad SMARTS) is 1. The first-order chi connectivity index (χ1) is 9.80. The van der Waals surface area contributed by atoms with Crippen molar-refractivity contribution in [2.75, 3.05) is 18.0 Å². The van der Waals surface area contributed by atoms with Gasteiger partial charge >= 0.3 is 5.97 Å². The summed E-state index contributed by atoms with van der Waals surface area (Å²) in [5.41, 5.74) is -0.320. The number of aliphatic carboxylic acids is 1. The molecule has 1 aromatic rings. The average Bonchev–Trinajstić information content (AvgIpc) is 2.84. The fourth-order valence-corrected chi connectivity index (χ4v) is 3.76. The van der Waals surface area contributed by atoms with E-state index in [9.17, 15) is 18.3 Å². The third-order valence-corrected chi connectivity index (χ3v) is 5.01. The molecule has 0 aromatic heterocycles. The summed E-state index contributed by atoms with van der Waals surface area (Å²) in [5.74, 6) is -0.820. The molecule has 3 N–H and O–H groups in total. The van der Waals surface area contributed by atoms with Crippen molar-refractivity contribution in [3.8, 4) is 0 Å². The van der Waals surface area contributed by atoms with E-state index in [1.807, 2.05) is 11.8 Å². The number of rotatable bonds is 5. The topological polar surface area (TPSA) is 101 Å². The van der Waals surface area contributed by atoms with Crippen molar-refractivity contribution in [2.45, 2.75) is 31.1 Å². The lowest BCUT2D eigenvalue weighted by Gasteiger charge is -2.26. The smallest absolute Gasteiger partial charge is 0.311 e. The van der Waals surface area contributed by atoms with Crippen LogP contribution in [0.1, 0.15) is 26.2 Å². The van der Waals surface area contributed by atoms with Gasteiger partial charge in [0.2, 0.25) is 10.0 Å². The first kappa shape index (κ1) is 15.8. The van der Waals surface area contributed by atoms with E-state index in [-0.39, 0.29) is 4.90 Å². The molecule has 0 bridgehead atoms. The number of para-hydroxylation sites is 1. The SMILES string of the molecule is CCCC1(C(=O)O)CCN(c2ccccc2S(N)(=O)=O)C1. The van der Waals surface area contributed by atoms with Crippen LogP contribution in [0, 0.1) is 5.41 Å². The van der Waals surface area contributed by atoms with Gasteiger partial charge in [-0.15, -0.1) is 0 Å². The second kappa shape index (κ2) is 5.65. The van der Waals surface area contributed by atoms with E-state index in [2.05, 4.69) is 0 Å². The Morgan fingerprint density at radius 1 is 1.43 bits per heavy atom. The molecule has 1 aliphatic rings. The molecule has 1 aromatic carbocycles. The van der Waals surface area contributed by atoms with E-state index in [4.69, 9.17) is 5.14 Å². The Balaban J connectivity index is 2.36. The molecule has 0 spiro atoms. The summed E-state index contributed by atoms with van der Waals surface area (Å²) in [7, 11) is -3.83. The van der Waals surface area contributed by atoms with E-state index in [0.717, 1.165) is 6.42 Å². The standard InChI is InChI=1S/C14H20N2O4S/c1-2-7-14(13(17)18)8-9-16(10-14)11-5-3-4-6-12(11)21(15,19)20/h3-6H,2,7-10H2,1H3,(H,17,18)(H2,15,19,20). The number of hydrogen-bond acceptors (Lipinski definition) is 4. The minimum Gasteiger partial charge on any atom is -0.481 e. The van der Waals surface area contributed by atoms with Gasteiger partial charge in [-0.25, -0.2) is 13.6 Å². The minimum absolute atomic E-state index is 0.0442. The predicted octanol–water partition coefficient (Wildman–Crippen LogP) is 1.42. The maximum absolute atomic E-state index is 11.7. The van der Waals surface area contributed by atoms with Gasteiger partial charge in [-0.3, -0.25) is 4.79 Å². The number of sulfonamides is 1. The normalized spacial score (nSPS) is 22.5. The van der Waals surface area contributed by atoms with E-state index in [0.29, 0.717) is 31.6 Å². The molecule has 0 radical (unpaired) electrons. The van der Waals surface area contributed by atoms with Crippen LogP contribution in [0.2, 0.25) is 0 Å². The first-order valence-electron chi connectivity index (χ1n) is 6.90. The average molecular weight is 312 g/mol. The number of carboxylic acids is 1. The fraction of sp³-hybridized carbons (Fsp3) is 0.500. The monoisotopic (exact) mass is 312 g/mol. The molecule has 0 saturated carbocycles. The molecule has 0 aliphatic carbocycles. The lowest BCUT2D eigenvalue weighted by molar-refractivity contribution is -0.148. The number of anilines is 1. The van der Waals surface area contributed by atoms with E-state index in [1.165, 1.54) is 6.07 Å². The summed E-state index contributed by atoms with van der Waals surface area (Å²) in [5, 5.41) is 14.8. The molecule has 21 heavy (non-hydrogen) atoms. The summed E-state index contributed by atoms with van der Waals surface area (Å²) < 4.78 is 23.3. The van der Waals surface area contributed by atoms with Gasteiger partial charge in [0.05, 0.1) is 11.1 Å².